The second-order valence-electron chi connectivity index (χ2n) is 13.9. The Kier molecular flexibility index (Phi) is 10.4. The average molecular weight is 571 g/mol. The summed E-state index contributed by atoms with van der Waals surface area (Å²) in [5.74, 6) is 0.496. The summed E-state index contributed by atoms with van der Waals surface area (Å²) in [6.45, 7) is 32.9. The predicted octanol–water partition coefficient (Wildman–Crippen LogP) is 8.17. The second-order valence-corrected chi connectivity index (χ2v) is 18.9. The van der Waals surface area contributed by atoms with Crippen LogP contribution in [0.5, 0.6) is 0 Å². The van der Waals surface area contributed by atoms with Crippen LogP contribution in [0.4, 0.5) is 0 Å². The van der Waals surface area contributed by atoms with Crippen molar-refractivity contribution >= 4 is 19.0 Å². The largest absolute Gasteiger partial charge is 0.495 e. The molecular weight excluding hydrogens is 519 g/mol. The lowest BCUT2D eigenvalue weighted by Gasteiger charge is -2.34. The van der Waals surface area contributed by atoms with Crippen LogP contribution in [-0.4, -0.2) is 25.4 Å². The highest BCUT2D eigenvalue weighted by molar-refractivity contribution is 6.89. The van der Waals surface area contributed by atoms with Gasteiger partial charge in [0.2, 0.25) is 5.69 Å². The second kappa shape index (κ2) is 13.2. The summed E-state index contributed by atoms with van der Waals surface area (Å²) in [7, 11) is -1.65. The van der Waals surface area contributed by atoms with E-state index in [9.17, 15) is 5.11 Å². The van der Waals surface area contributed by atoms with E-state index >= 15 is 0 Å². The van der Waals surface area contributed by atoms with Crippen molar-refractivity contribution in [1.82, 2.24) is 5.32 Å². The molecule has 0 aliphatic carbocycles. The Hall–Kier alpha value is -3.18. The van der Waals surface area contributed by atoms with Crippen LogP contribution in [0.25, 0.3) is 11.3 Å². The summed E-state index contributed by atoms with van der Waals surface area (Å²) in [6, 6.07) is 11.6. The first kappa shape index (κ1) is 32.3. The van der Waals surface area contributed by atoms with Crippen LogP contribution in [0, 0.1) is 11.3 Å². The number of aromatic nitrogens is 1. The highest BCUT2D eigenvalue weighted by atomic mass is 28.3. The lowest BCUT2D eigenvalue weighted by Crippen LogP contribution is -2.54. The molecule has 0 radical (unpaired) electrons. The number of pyridine rings is 1. The summed E-state index contributed by atoms with van der Waals surface area (Å²) in [5.41, 5.74) is 7.44. The fourth-order valence-electron chi connectivity index (χ4n) is 6.06. The van der Waals surface area contributed by atoms with Crippen molar-refractivity contribution in [2.75, 3.05) is 6.54 Å². The normalized spacial score (nSPS) is 17.7. The Morgan fingerprint density at radius 2 is 1.85 bits per heavy atom. The zero-order chi connectivity index (χ0) is 30.5. The quantitative estimate of drug-likeness (QED) is 0.0839. The number of aliphatic hydroxyl groups is 1. The van der Waals surface area contributed by atoms with Gasteiger partial charge in [-0.15, -0.1) is 6.58 Å². The minimum Gasteiger partial charge on any atom is -0.495 e. The first-order valence-electron chi connectivity index (χ1n) is 14.9. The number of allylic oxidation sites excluding steroid dienone is 2. The van der Waals surface area contributed by atoms with Gasteiger partial charge in [0.15, 0.2) is 18.1 Å². The lowest BCUT2D eigenvalue weighted by atomic mass is 9.77. The molecule has 0 saturated carbocycles. The topological polar surface area (TPSA) is 48.5 Å². The number of hydrogen-bond acceptors (Lipinski definition) is 3. The number of aliphatic imine (C=N–C) groups is 1. The number of benzene rings is 1. The van der Waals surface area contributed by atoms with Gasteiger partial charge in [0, 0.05) is 40.7 Å². The van der Waals surface area contributed by atoms with Crippen LogP contribution < -0.4 is 15.1 Å². The van der Waals surface area contributed by atoms with Crippen molar-refractivity contribution in [3.8, 4) is 11.3 Å². The Balaban J connectivity index is 2.20. The van der Waals surface area contributed by atoms with Gasteiger partial charge in [-0.05, 0) is 67.4 Å². The average Bonchev–Trinajstić information content (AvgIpc) is 2.87. The molecule has 1 aromatic heterocycles. The SMILES string of the molecule is C=CC(C)=NC(=C)CC1C(CCC(C=C)CNC(=C)O)c2ccccc2-c2cc(CC(C)(C)C)c([Si](C)(C)C)c[n+]21. The maximum atomic E-state index is 9.60. The van der Waals surface area contributed by atoms with Gasteiger partial charge in [-0.1, -0.05) is 77.8 Å². The Labute approximate surface area is 250 Å². The summed E-state index contributed by atoms with van der Waals surface area (Å²) >= 11 is 0. The molecule has 41 heavy (non-hydrogen) atoms. The molecule has 1 aliphatic rings. The molecule has 0 fully saturated rings. The molecule has 3 atom stereocenters. The standard InChI is InChI=1S/C36H51N3OSi/c1-12-25(3)38-26(4)20-33-32(19-18-28(13-2)23-37-27(5)40)30-16-14-15-17-31(30)34-21-29(22-36(6,7)8)35(24-39(33)34)41(9,10)11/h12-17,21,24,28,32-33,37H,1-2,4-5,18-20,22-23H2,3,6-11H3/p+1. The minimum absolute atomic E-state index is 0.00101. The van der Waals surface area contributed by atoms with E-state index in [-0.39, 0.29) is 29.2 Å². The smallest absolute Gasteiger partial charge is 0.213 e. The summed E-state index contributed by atoms with van der Waals surface area (Å²) in [6.07, 6.45) is 10.0. The number of nitrogens with one attached hydrogen (secondary N) is 1. The number of aliphatic hydroxyl groups excluding tert-OH is 1. The van der Waals surface area contributed by atoms with E-state index in [1.165, 1.54) is 27.6 Å². The summed E-state index contributed by atoms with van der Waals surface area (Å²) in [4.78, 5) is 4.79. The molecule has 4 nitrogen and oxygen atoms in total. The number of hydrogen-bond donors (Lipinski definition) is 2. The van der Waals surface area contributed by atoms with Gasteiger partial charge in [0.05, 0.1) is 14.5 Å². The monoisotopic (exact) mass is 570 g/mol. The van der Waals surface area contributed by atoms with Gasteiger partial charge in [0.1, 0.15) is 0 Å². The molecule has 0 bridgehead atoms. The van der Waals surface area contributed by atoms with E-state index in [4.69, 9.17) is 4.99 Å². The van der Waals surface area contributed by atoms with Crippen LogP contribution in [0.1, 0.15) is 70.0 Å². The van der Waals surface area contributed by atoms with Gasteiger partial charge in [0.25, 0.3) is 0 Å². The van der Waals surface area contributed by atoms with Gasteiger partial charge in [-0.25, -0.2) is 0 Å². The third-order valence-electron chi connectivity index (χ3n) is 8.01. The zero-order valence-corrected chi connectivity index (χ0v) is 27.6. The highest BCUT2D eigenvalue weighted by Crippen LogP contribution is 2.44. The molecule has 0 amide bonds. The van der Waals surface area contributed by atoms with Crippen molar-refractivity contribution in [3.63, 3.8) is 0 Å². The minimum atomic E-state index is -1.65. The van der Waals surface area contributed by atoms with Crippen LogP contribution in [0.15, 0.2) is 91.6 Å². The van der Waals surface area contributed by atoms with E-state index < -0.39 is 8.07 Å². The van der Waals surface area contributed by atoms with E-state index in [1.54, 1.807) is 6.08 Å². The van der Waals surface area contributed by atoms with Crippen molar-refractivity contribution in [2.45, 2.75) is 85.0 Å². The fourth-order valence-corrected chi connectivity index (χ4v) is 7.71. The molecule has 2 N–H and O–H groups in total. The number of nitrogens with zero attached hydrogens (tertiary/aromatic N) is 2. The zero-order valence-electron chi connectivity index (χ0n) is 26.6. The van der Waals surface area contributed by atoms with Crippen LogP contribution in [0.2, 0.25) is 19.6 Å². The molecule has 5 heteroatoms. The Morgan fingerprint density at radius 3 is 2.44 bits per heavy atom. The van der Waals surface area contributed by atoms with Crippen LogP contribution in [-0.2, 0) is 6.42 Å². The number of rotatable bonds is 13. The summed E-state index contributed by atoms with van der Waals surface area (Å²) < 4.78 is 2.56. The molecule has 1 aromatic carbocycles. The van der Waals surface area contributed by atoms with Crippen LogP contribution in [0.3, 0.4) is 0 Å². The van der Waals surface area contributed by atoms with Crippen molar-refractivity contribution < 1.29 is 9.67 Å². The van der Waals surface area contributed by atoms with Crippen molar-refractivity contribution in [1.29, 1.82) is 0 Å². The molecule has 220 valence electrons. The Bertz CT molecular complexity index is 1330. The third kappa shape index (κ3) is 8.42. The molecule has 0 saturated heterocycles. The van der Waals surface area contributed by atoms with Gasteiger partial charge < -0.3 is 10.4 Å². The van der Waals surface area contributed by atoms with Crippen molar-refractivity contribution in [3.05, 3.63) is 97.7 Å². The molecule has 0 spiro atoms. The predicted molar refractivity (Wildman–Crippen MR) is 180 cm³/mol. The highest BCUT2D eigenvalue weighted by Gasteiger charge is 2.42. The molecule has 1 aliphatic heterocycles. The summed E-state index contributed by atoms with van der Waals surface area (Å²) in [5, 5.41) is 14.1. The molecule has 3 unspecified atom stereocenters. The first-order valence-corrected chi connectivity index (χ1v) is 18.4. The first-order chi connectivity index (χ1) is 19.1. The Morgan fingerprint density at radius 1 is 1.17 bits per heavy atom. The fraction of sp³-hybridized carbons (Fsp3) is 0.444. The van der Waals surface area contributed by atoms with Crippen molar-refractivity contribution in [2.24, 2.45) is 16.3 Å². The van der Waals surface area contributed by atoms with E-state index in [0.717, 1.165) is 37.1 Å². The maximum absolute atomic E-state index is 9.60. The molecule has 2 heterocycles. The maximum Gasteiger partial charge on any atom is 0.213 e. The van der Waals surface area contributed by atoms with Gasteiger partial charge >= 0.3 is 0 Å². The lowest BCUT2D eigenvalue weighted by molar-refractivity contribution is -0.717. The van der Waals surface area contributed by atoms with E-state index in [1.807, 2.05) is 13.0 Å². The third-order valence-corrected chi connectivity index (χ3v) is 10.1. The number of fused-ring (bicyclic) bond motifs is 3. The van der Waals surface area contributed by atoms with Gasteiger partial charge in [-0.2, -0.15) is 4.57 Å². The molecule has 2 aromatic rings. The molecular formula is C36H52N3OSi+. The van der Waals surface area contributed by atoms with E-state index in [2.05, 4.69) is 113 Å². The van der Waals surface area contributed by atoms with E-state index in [0.29, 0.717) is 6.54 Å². The van der Waals surface area contributed by atoms with Gasteiger partial charge in [-0.3, -0.25) is 4.99 Å². The molecule has 3 rings (SSSR count). The van der Waals surface area contributed by atoms with Crippen LogP contribution >= 0.6 is 0 Å².